The minimum absolute atomic E-state index is 0. The molecule has 12 nitrogen and oxygen atoms in total. The van der Waals surface area contributed by atoms with E-state index in [-0.39, 0.29) is 43.8 Å². The van der Waals surface area contributed by atoms with Gasteiger partial charge in [0.25, 0.3) is 0 Å². The zero-order valence-corrected chi connectivity index (χ0v) is 32.8. The maximum absolute atomic E-state index is 13.5. The predicted molar refractivity (Wildman–Crippen MR) is 188 cm³/mol. The van der Waals surface area contributed by atoms with Crippen LogP contribution >= 0.6 is 12.4 Å². The highest BCUT2D eigenvalue weighted by Crippen LogP contribution is 2.56. The first kappa shape index (κ1) is 45.7. The largest absolute Gasteiger partial charge is 0.413 e. The van der Waals surface area contributed by atoms with Crippen molar-refractivity contribution >= 4 is 23.4 Å². The van der Waals surface area contributed by atoms with E-state index in [1.165, 1.54) is 34.9 Å². The van der Waals surface area contributed by atoms with Gasteiger partial charge < -0.3 is 10.4 Å². The van der Waals surface area contributed by atoms with Crippen molar-refractivity contribution in [3.63, 3.8) is 0 Å². The predicted octanol–water partition coefficient (Wildman–Crippen LogP) is 6.17. The van der Waals surface area contributed by atoms with Crippen molar-refractivity contribution in [3.05, 3.63) is 82.5 Å². The maximum Gasteiger partial charge on any atom is 0.413 e. The summed E-state index contributed by atoms with van der Waals surface area (Å²) >= 11 is 0. The first-order chi connectivity index (χ1) is 25.1. The Kier molecular flexibility index (Phi) is 14.0. The number of hydrogen-bond donors (Lipinski definition) is 2. The second kappa shape index (κ2) is 16.8. The monoisotopic (exact) mass is 830 g/mol. The average Bonchev–Trinajstić information content (AvgIpc) is 3.99. The smallest absolute Gasteiger partial charge is 0.400 e. The van der Waals surface area contributed by atoms with Crippen molar-refractivity contribution in [2.24, 2.45) is 0 Å². The van der Waals surface area contributed by atoms with Crippen LogP contribution in [-0.2, 0) is 22.1 Å². The molecule has 0 radical (unpaired) electrons. The van der Waals surface area contributed by atoms with Gasteiger partial charge in [-0.15, -0.1) is 22.6 Å². The molecule has 2 aliphatic rings. The molecule has 4 aromatic rings. The molecule has 0 aromatic carbocycles. The number of pyridine rings is 2. The molecule has 4 aromatic heterocycles. The normalized spacial score (nSPS) is 17.5. The summed E-state index contributed by atoms with van der Waals surface area (Å²) in [7, 11) is 2.70. The van der Waals surface area contributed by atoms with Crippen molar-refractivity contribution in [2.75, 3.05) is 21.2 Å². The van der Waals surface area contributed by atoms with Crippen LogP contribution in [0.5, 0.6) is 0 Å². The second-order valence-corrected chi connectivity index (χ2v) is 16.2. The Balaban J connectivity index is 0.000000284. The zero-order valence-electron chi connectivity index (χ0n) is 31.2. The fraction of sp³-hybridized carbons (Fsp3) is 0.576. The second-order valence-electron chi connectivity index (χ2n) is 13.9. The molecule has 3 atom stereocenters. The van der Waals surface area contributed by atoms with E-state index >= 15 is 0 Å². The van der Waals surface area contributed by atoms with Gasteiger partial charge in [0.05, 0.1) is 29.2 Å². The molecule has 2 N–H and O–H groups in total. The Morgan fingerprint density at radius 3 is 1.55 bits per heavy atom. The van der Waals surface area contributed by atoms with Crippen LogP contribution < -0.4 is 5.32 Å². The number of hydrogen-bond acceptors (Lipinski definition) is 9. The van der Waals surface area contributed by atoms with Crippen molar-refractivity contribution in [1.29, 1.82) is 0 Å². The lowest BCUT2D eigenvalue weighted by molar-refractivity contribution is -0.183. The molecule has 0 amide bonds. The van der Waals surface area contributed by atoms with Gasteiger partial charge in [-0.2, -0.15) is 35.1 Å². The summed E-state index contributed by atoms with van der Waals surface area (Å²) in [6, 6.07) is 4.06. The minimum atomic E-state index is -4.44. The summed E-state index contributed by atoms with van der Waals surface area (Å²) in [5.41, 5.74) is -1.55. The molecule has 55 heavy (non-hydrogen) atoms. The molecule has 6 rings (SSSR count). The third-order valence-electron chi connectivity index (χ3n) is 9.21. The molecule has 2 aliphatic carbocycles. The van der Waals surface area contributed by atoms with Crippen LogP contribution in [0.3, 0.4) is 0 Å². The van der Waals surface area contributed by atoms with Crippen LogP contribution in [0.4, 0.5) is 35.1 Å². The number of nitrogens with zero attached hydrogens (tertiary/aromatic N) is 9. The Morgan fingerprint density at radius 2 is 1.18 bits per heavy atom. The third kappa shape index (κ3) is 9.32. The first-order valence-corrected chi connectivity index (χ1v) is 17.7. The third-order valence-corrected chi connectivity index (χ3v) is 11.0. The summed E-state index contributed by atoms with van der Waals surface area (Å²) in [6.07, 6.45) is -6.40. The summed E-state index contributed by atoms with van der Waals surface area (Å²) < 4.78 is 122. The number of aryl methyl sites for hydroxylation is 2. The lowest BCUT2D eigenvalue weighted by Crippen LogP contribution is -2.38. The van der Waals surface area contributed by atoms with Gasteiger partial charge in [0.1, 0.15) is 22.4 Å². The summed E-state index contributed by atoms with van der Waals surface area (Å²) in [4.78, 5) is 7.54. The molecule has 2 fully saturated rings. The fourth-order valence-corrected chi connectivity index (χ4v) is 7.24. The quantitative estimate of drug-likeness (QED) is 0.150. The van der Waals surface area contributed by atoms with Crippen LogP contribution in [0.25, 0.3) is 0 Å². The highest BCUT2D eigenvalue weighted by atomic mass is 35.5. The van der Waals surface area contributed by atoms with Crippen molar-refractivity contribution in [1.82, 2.24) is 49.6 Å². The average molecular weight is 831 g/mol. The highest BCUT2D eigenvalue weighted by Gasteiger charge is 2.67. The van der Waals surface area contributed by atoms with Gasteiger partial charge >= 0.3 is 12.4 Å². The summed E-state index contributed by atoms with van der Waals surface area (Å²) in [6.45, 7) is 8.57. The minimum Gasteiger partial charge on any atom is -0.400 e. The van der Waals surface area contributed by atoms with Crippen LogP contribution in [-0.4, -0.2) is 91.9 Å². The van der Waals surface area contributed by atoms with E-state index in [0.29, 0.717) is 28.2 Å². The number of aliphatic hydroxyl groups is 1. The van der Waals surface area contributed by atoms with Gasteiger partial charge in [0, 0.05) is 25.5 Å². The summed E-state index contributed by atoms with van der Waals surface area (Å²) in [5.74, 6) is -1.29. The molecule has 306 valence electrons. The number of alkyl halides is 6. The molecule has 0 bridgehead atoms. The first-order valence-electron chi connectivity index (χ1n) is 16.6. The van der Waals surface area contributed by atoms with E-state index in [0.717, 1.165) is 22.5 Å². The Labute approximate surface area is 321 Å². The Bertz CT molecular complexity index is 1940. The van der Waals surface area contributed by atoms with Gasteiger partial charge in [0.15, 0.2) is 11.1 Å². The maximum atomic E-state index is 13.5. The standard InChI is InChI=1S/C18H23F4N5OS.C14H15F4N5.CH4O.ClH/c1-11-12(6-7-14(19)23-11)15(26(5)29(28)16(2,3)4)13-10-27(25-24-13)17(8-9-17)18(20,21)22;1-8-9(3-4-11(15)20-8)12(19-2)10-7-23(22-21-10)13(5-6-13)14(16,17)18;1-2;/h6-7,10,15H,8-9H2,1-5H3;3-4,7,12,19H,5-6H2,1-2H3;2H,1H3;1H/t15-,29-;12-;;/m00../s1. The number of aromatic nitrogens is 8. The van der Waals surface area contributed by atoms with E-state index in [1.54, 1.807) is 48.7 Å². The van der Waals surface area contributed by atoms with Crippen LogP contribution in [0.2, 0.25) is 0 Å². The van der Waals surface area contributed by atoms with E-state index in [4.69, 9.17) is 5.11 Å². The molecule has 4 heterocycles. The van der Waals surface area contributed by atoms with E-state index in [1.807, 2.05) is 0 Å². The number of nitrogens with one attached hydrogen (secondary N) is 1. The SMILES string of the molecule is CN[C@H](c1cn(C2(C(F)(F)F)CC2)nn1)c1ccc(F)nc1C.CO.Cc1nc(F)ccc1[C@@H](c1cn(C2(C(F)(F)F)CC2)nn1)N(C)[S@@](=O)C(C)(C)C.Cl. The Morgan fingerprint density at radius 1 is 0.782 bits per heavy atom. The van der Waals surface area contributed by atoms with Gasteiger partial charge in [0.2, 0.25) is 11.9 Å². The lowest BCUT2D eigenvalue weighted by Gasteiger charge is -2.32. The molecule has 2 saturated carbocycles. The van der Waals surface area contributed by atoms with E-state index in [2.05, 4.69) is 35.9 Å². The van der Waals surface area contributed by atoms with Gasteiger partial charge in [-0.05, 0) is 90.6 Å². The van der Waals surface area contributed by atoms with Crippen LogP contribution in [0, 0.1) is 25.7 Å². The number of rotatable bonds is 9. The van der Waals surface area contributed by atoms with Crippen LogP contribution in [0.15, 0.2) is 36.7 Å². The fourth-order valence-electron chi connectivity index (χ4n) is 5.96. The summed E-state index contributed by atoms with van der Waals surface area (Å²) in [5, 5.41) is 25.2. The zero-order chi connectivity index (χ0) is 40.6. The van der Waals surface area contributed by atoms with Crippen molar-refractivity contribution in [2.45, 2.75) is 101 Å². The van der Waals surface area contributed by atoms with E-state index in [9.17, 15) is 39.3 Å². The van der Waals surface area contributed by atoms with Crippen molar-refractivity contribution in [3.8, 4) is 0 Å². The highest BCUT2D eigenvalue weighted by molar-refractivity contribution is 7.84. The van der Waals surface area contributed by atoms with E-state index < -0.39 is 63.1 Å². The molecule has 22 heteroatoms. The van der Waals surface area contributed by atoms with Crippen molar-refractivity contribution < 1.29 is 44.4 Å². The van der Waals surface area contributed by atoms with Gasteiger partial charge in [-0.1, -0.05) is 22.6 Å². The molecule has 0 aliphatic heterocycles. The molecule has 0 saturated heterocycles. The molecular formula is C33H43ClF8N10O2S. The number of aliphatic hydroxyl groups excluding tert-OH is 1. The molecule has 0 unspecified atom stereocenters. The molecule has 0 spiro atoms. The van der Waals surface area contributed by atoms with Gasteiger partial charge in [-0.25, -0.2) is 27.8 Å². The number of halogens is 9. The topological polar surface area (TPSA) is 140 Å². The lowest BCUT2D eigenvalue weighted by atomic mass is 10.0. The molecular weight excluding hydrogens is 788 g/mol. The van der Waals surface area contributed by atoms with Crippen LogP contribution in [0.1, 0.15) is 92.4 Å². The van der Waals surface area contributed by atoms with Gasteiger partial charge in [-0.3, -0.25) is 0 Å². The Hall–Kier alpha value is -3.66.